The monoisotopic (exact) mass is 558 g/mol. The van der Waals surface area contributed by atoms with E-state index in [1.54, 1.807) is 0 Å². The number of non-ortho nitro benzene ring substituents is 1. The summed E-state index contributed by atoms with van der Waals surface area (Å²) in [6.07, 6.45) is 0. The molecule has 0 spiro atoms. The Balaban J connectivity index is 1.11. The van der Waals surface area contributed by atoms with Gasteiger partial charge in [0.05, 0.1) is 28.0 Å². The van der Waals surface area contributed by atoms with Crippen molar-refractivity contribution in [3.8, 4) is 0 Å². The Kier molecular flexibility index (Phi) is 5.83. The number of rotatable bonds is 6. The average molecular weight is 559 g/mol. The molecule has 1 heterocycles. The van der Waals surface area contributed by atoms with Crippen LogP contribution in [0.1, 0.15) is 54.8 Å². The molecule has 4 aromatic carbocycles. The Morgan fingerprint density at radius 2 is 1.24 bits per heavy atom. The third kappa shape index (κ3) is 3.77. The van der Waals surface area contributed by atoms with Crippen LogP contribution in [0.4, 0.5) is 11.4 Å². The minimum absolute atomic E-state index is 0.0538. The molecule has 206 valence electrons. The molecule has 2 bridgehead atoms. The molecule has 4 aliphatic rings. The van der Waals surface area contributed by atoms with Crippen LogP contribution in [0.25, 0.3) is 0 Å². The van der Waals surface area contributed by atoms with E-state index in [0.717, 1.165) is 28.3 Å². The molecular weight excluding hydrogens is 536 g/mol. The van der Waals surface area contributed by atoms with Gasteiger partial charge in [0.2, 0.25) is 17.6 Å². The van der Waals surface area contributed by atoms with Gasteiger partial charge in [0.1, 0.15) is 0 Å². The molecule has 42 heavy (non-hydrogen) atoms. The summed E-state index contributed by atoms with van der Waals surface area (Å²) >= 11 is 0. The van der Waals surface area contributed by atoms with Gasteiger partial charge >= 0.3 is 5.97 Å². The second-order valence-corrected chi connectivity index (χ2v) is 10.6. The van der Waals surface area contributed by atoms with E-state index in [1.807, 2.05) is 48.5 Å². The second-order valence-electron chi connectivity index (χ2n) is 10.6. The normalized spacial score (nSPS) is 21.4. The zero-order chi connectivity index (χ0) is 29.1. The van der Waals surface area contributed by atoms with E-state index in [-0.39, 0.29) is 40.5 Å². The number of hydrogen-bond acceptors (Lipinski definition) is 7. The van der Waals surface area contributed by atoms with Crippen LogP contribution in [-0.2, 0) is 14.3 Å². The van der Waals surface area contributed by atoms with Crippen molar-refractivity contribution in [3.05, 3.63) is 141 Å². The molecule has 0 saturated carbocycles. The van der Waals surface area contributed by atoms with Crippen LogP contribution < -0.4 is 4.90 Å². The van der Waals surface area contributed by atoms with Gasteiger partial charge in [-0.05, 0) is 46.5 Å². The summed E-state index contributed by atoms with van der Waals surface area (Å²) in [7, 11) is 0. The molecule has 9 nitrogen and oxygen atoms in total. The van der Waals surface area contributed by atoms with E-state index in [4.69, 9.17) is 4.74 Å². The first-order valence-electron chi connectivity index (χ1n) is 13.5. The van der Waals surface area contributed by atoms with Crippen molar-refractivity contribution in [1.82, 2.24) is 0 Å². The molecule has 1 fully saturated rings. The van der Waals surface area contributed by atoms with Crippen LogP contribution in [0, 0.1) is 22.0 Å². The van der Waals surface area contributed by atoms with E-state index < -0.39 is 35.1 Å². The molecule has 0 unspecified atom stereocenters. The number of imide groups is 1. The van der Waals surface area contributed by atoms with Crippen molar-refractivity contribution in [2.24, 2.45) is 11.8 Å². The van der Waals surface area contributed by atoms with Crippen LogP contribution in [0.3, 0.4) is 0 Å². The Morgan fingerprint density at radius 1 is 0.714 bits per heavy atom. The van der Waals surface area contributed by atoms with E-state index in [0.29, 0.717) is 5.69 Å². The summed E-state index contributed by atoms with van der Waals surface area (Å²) in [6.45, 7) is -0.599. The highest BCUT2D eigenvalue weighted by Crippen LogP contribution is 2.61. The van der Waals surface area contributed by atoms with Gasteiger partial charge in [0.15, 0.2) is 6.61 Å². The number of esters is 1. The molecule has 0 aromatic heterocycles. The van der Waals surface area contributed by atoms with Gasteiger partial charge in [-0.1, -0.05) is 60.7 Å². The highest BCUT2D eigenvalue weighted by Gasteiger charge is 2.61. The summed E-state index contributed by atoms with van der Waals surface area (Å²) in [4.78, 5) is 64.4. The highest BCUT2D eigenvalue weighted by molar-refractivity contribution is 6.23. The van der Waals surface area contributed by atoms with E-state index in [2.05, 4.69) is 0 Å². The van der Waals surface area contributed by atoms with Gasteiger partial charge in [-0.15, -0.1) is 0 Å². The van der Waals surface area contributed by atoms with Crippen molar-refractivity contribution in [3.63, 3.8) is 0 Å². The lowest BCUT2D eigenvalue weighted by atomic mass is 9.55. The Hall–Kier alpha value is -5.44. The molecule has 2 amide bonds. The summed E-state index contributed by atoms with van der Waals surface area (Å²) in [5.74, 6) is -3.36. The number of benzene rings is 4. The largest absolute Gasteiger partial charge is 0.454 e. The third-order valence-corrected chi connectivity index (χ3v) is 8.52. The topological polar surface area (TPSA) is 124 Å². The predicted molar refractivity (Wildman–Crippen MR) is 150 cm³/mol. The SMILES string of the molecule is O=C(COC(=O)c1ccc(N2C(=O)[C@@H]3C4c5ccccc5C(c5ccccc54)[C@@H]3C2=O)cc1)c1cccc([N+](=O)[O-])c1. The number of ketones is 1. The van der Waals surface area contributed by atoms with E-state index in [1.165, 1.54) is 47.4 Å². The summed E-state index contributed by atoms with van der Waals surface area (Å²) in [6, 6.07) is 27.1. The number of amides is 2. The van der Waals surface area contributed by atoms with Crippen LogP contribution in [0.5, 0.6) is 0 Å². The van der Waals surface area contributed by atoms with Crippen molar-refractivity contribution < 1.29 is 28.8 Å². The van der Waals surface area contributed by atoms with Crippen LogP contribution in [0.2, 0.25) is 0 Å². The van der Waals surface area contributed by atoms with Gasteiger partial charge in [-0.3, -0.25) is 24.5 Å². The first-order chi connectivity index (χ1) is 20.3. The zero-order valence-electron chi connectivity index (χ0n) is 22.0. The lowest BCUT2D eigenvalue weighted by molar-refractivity contribution is -0.384. The number of Topliss-reactive ketones (excluding diaryl/α,β-unsaturated/α-hetero) is 1. The molecule has 0 N–H and O–H groups in total. The maximum atomic E-state index is 13.9. The highest BCUT2D eigenvalue weighted by atomic mass is 16.6. The van der Waals surface area contributed by atoms with Gasteiger partial charge in [0.25, 0.3) is 5.69 Å². The molecule has 4 aromatic rings. The number of nitro benzene ring substituents is 1. The lowest BCUT2D eigenvalue weighted by Crippen LogP contribution is -2.41. The van der Waals surface area contributed by atoms with Crippen molar-refractivity contribution in [2.75, 3.05) is 11.5 Å². The summed E-state index contributed by atoms with van der Waals surface area (Å²) in [5.41, 5.74) is 4.64. The van der Waals surface area contributed by atoms with Crippen LogP contribution >= 0.6 is 0 Å². The smallest absolute Gasteiger partial charge is 0.338 e. The number of nitrogens with zero attached hydrogens (tertiary/aromatic N) is 2. The number of hydrogen-bond donors (Lipinski definition) is 0. The molecule has 1 saturated heterocycles. The number of ether oxygens (including phenoxy) is 1. The Labute approximate surface area is 239 Å². The van der Waals surface area contributed by atoms with Crippen molar-refractivity contribution in [1.29, 1.82) is 0 Å². The standard InChI is InChI=1S/C33H22N2O7/c36-26(19-6-5-7-21(16-19)35(40)41)17-42-33(39)18-12-14-20(15-13-18)34-31(37)29-27-22-8-1-2-9-23(22)28(30(29)32(34)38)25-11-4-3-10-24(25)27/h1-16,27-30H,17H2/t27?,28?,29-,30+. The Bertz CT molecular complexity index is 1710. The number of carbonyl (C=O) groups is 4. The third-order valence-electron chi connectivity index (χ3n) is 8.52. The summed E-state index contributed by atoms with van der Waals surface area (Å²) < 4.78 is 5.13. The molecule has 1 aliphatic heterocycles. The van der Waals surface area contributed by atoms with E-state index in [9.17, 15) is 29.3 Å². The Morgan fingerprint density at radius 3 is 1.74 bits per heavy atom. The van der Waals surface area contributed by atoms with Crippen molar-refractivity contribution >= 4 is 34.9 Å². The first kappa shape index (κ1) is 25.5. The fraction of sp³-hybridized carbons (Fsp3) is 0.152. The molecule has 9 heteroatoms. The maximum absolute atomic E-state index is 13.9. The predicted octanol–water partition coefficient (Wildman–Crippen LogP) is 5.03. The van der Waals surface area contributed by atoms with Gasteiger partial charge < -0.3 is 4.74 Å². The molecule has 3 aliphatic carbocycles. The molecule has 0 radical (unpaired) electrons. The van der Waals surface area contributed by atoms with Gasteiger partial charge in [-0.2, -0.15) is 0 Å². The molecule has 2 atom stereocenters. The lowest BCUT2D eigenvalue weighted by Gasteiger charge is -2.45. The average Bonchev–Trinajstić information content (AvgIpc) is 3.29. The summed E-state index contributed by atoms with van der Waals surface area (Å²) in [5, 5.41) is 11.0. The second kappa shape index (κ2) is 9.59. The zero-order valence-corrected chi connectivity index (χ0v) is 22.0. The fourth-order valence-electron chi connectivity index (χ4n) is 6.77. The van der Waals surface area contributed by atoms with Crippen molar-refractivity contribution in [2.45, 2.75) is 11.8 Å². The molecule has 8 rings (SSSR count). The quantitative estimate of drug-likeness (QED) is 0.107. The fourth-order valence-corrected chi connectivity index (χ4v) is 6.77. The van der Waals surface area contributed by atoms with Crippen LogP contribution in [0.15, 0.2) is 97.1 Å². The number of anilines is 1. The molecular formula is C33H22N2O7. The maximum Gasteiger partial charge on any atom is 0.338 e. The number of nitro groups is 1. The minimum Gasteiger partial charge on any atom is -0.454 e. The van der Waals surface area contributed by atoms with Gasteiger partial charge in [-0.25, -0.2) is 9.69 Å². The van der Waals surface area contributed by atoms with Crippen LogP contribution in [-0.4, -0.2) is 35.1 Å². The van der Waals surface area contributed by atoms with E-state index >= 15 is 0 Å². The first-order valence-corrected chi connectivity index (χ1v) is 13.5. The minimum atomic E-state index is -0.781. The number of carbonyl (C=O) groups excluding carboxylic acids is 4. The van der Waals surface area contributed by atoms with Gasteiger partial charge in [0, 0.05) is 29.5 Å².